The van der Waals surface area contributed by atoms with Crippen molar-refractivity contribution in [2.45, 2.75) is 70.1 Å². The zero-order valence-corrected chi connectivity index (χ0v) is 21.9. The van der Waals surface area contributed by atoms with Crippen LogP contribution in [0.3, 0.4) is 0 Å². The van der Waals surface area contributed by atoms with E-state index in [1.165, 1.54) is 17.3 Å². The van der Waals surface area contributed by atoms with Gasteiger partial charge in [-0.15, -0.1) is 0 Å². The highest BCUT2D eigenvalue weighted by atomic mass is 32.2. The molecule has 2 unspecified atom stereocenters. The average molecular weight is 540 g/mol. The Labute approximate surface area is 220 Å². The Morgan fingerprint density at radius 3 is 2.70 bits per heavy atom. The molecule has 3 rings (SSSR count). The summed E-state index contributed by atoms with van der Waals surface area (Å²) in [5.74, 6) is -3.35. The smallest absolute Gasteiger partial charge is 0.322 e. The normalized spacial score (nSPS) is 30.3. The van der Waals surface area contributed by atoms with Crippen LogP contribution in [0.15, 0.2) is 12.2 Å². The molecule has 2 saturated carbocycles. The molecule has 7 atom stereocenters. The third-order valence-corrected chi connectivity index (χ3v) is 9.13. The van der Waals surface area contributed by atoms with E-state index in [2.05, 4.69) is 24.1 Å². The number of aliphatic carboxylic acids is 2. The Morgan fingerprint density at radius 1 is 1.30 bits per heavy atom. The zero-order valence-electron chi connectivity index (χ0n) is 21.1. The molecule has 11 nitrogen and oxygen atoms in total. The first kappa shape index (κ1) is 29.0. The Morgan fingerprint density at radius 2 is 2.03 bits per heavy atom. The molecule has 6 N–H and O–H groups in total. The summed E-state index contributed by atoms with van der Waals surface area (Å²) < 4.78 is 5.78. The molecule has 1 heterocycles. The van der Waals surface area contributed by atoms with Crippen molar-refractivity contribution in [1.29, 1.82) is 0 Å². The summed E-state index contributed by atoms with van der Waals surface area (Å²) in [6.07, 6.45) is 4.44. The van der Waals surface area contributed by atoms with Gasteiger partial charge in [0.1, 0.15) is 24.7 Å². The number of esters is 1. The van der Waals surface area contributed by atoms with E-state index in [-0.39, 0.29) is 47.9 Å². The van der Waals surface area contributed by atoms with Crippen LogP contribution < -0.4 is 16.4 Å². The van der Waals surface area contributed by atoms with Gasteiger partial charge in [0.25, 0.3) is 0 Å². The lowest BCUT2D eigenvalue weighted by Crippen LogP contribution is -2.49. The molecule has 1 saturated heterocycles. The second-order valence-electron chi connectivity index (χ2n) is 10.7. The van der Waals surface area contributed by atoms with Gasteiger partial charge in [0.15, 0.2) is 0 Å². The molecule has 0 aromatic carbocycles. The summed E-state index contributed by atoms with van der Waals surface area (Å²) in [4.78, 5) is 59.4. The van der Waals surface area contributed by atoms with Gasteiger partial charge in [-0.05, 0) is 49.9 Å². The van der Waals surface area contributed by atoms with Crippen molar-refractivity contribution in [1.82, 2.24) is 10.6 Å². The minimum absolute atomic E-state index is 0.0688. The maximum absolute atomic E-state index is 12.8. The molecule has 0 bridgehead atoms. The number of nitrogens with two attached hydrogens (primary N) is 1. The molecule has 2 aliphatic carbocycles. The lowest BCUT2D eigenvalue weighted by molar-refractivity contribution is -0.145. The largest absolute Gasteiger partial charge is 0.480 e. The lowest BCUT2D eigenvalue weighted by Gasteiger charge is -2.50. The van der Waals surface area contributed by atoms with Gasteiger partial charge in [0.2, 0.25) is 11.8 Å². The van der Waals surface area contributed by atoms with Gasteiger partial charge in [-0.2, -0.15) is 11.8 Å². The number of amides is 2. The second-order valence-corrected chi connectivity index (χ2v) is 11.7. The topological polar surface area (TPSA) is 185 Å². The summed E-state index contributed by atoms with van der Waals surface area (Å²) in [5.41, 5.74) is 6.78. The van der Waals surface area contributed by atoms with Crippen LogP contribution in [0.25, 0.3) is 0 Å². The Bertz CT molecular complexity index is 943. The van der Waals surface area contributed by atoms with Crippen LogP contribution in [0.5, 0.6) is 0 Å². The van der Waals surface area contributed by atoms with Crippen molar-refractivity contribution in [3.63, 3.8) is 0 Å². The lowest BCUT2D eigenvalue weighted by atomic mass is 9.55. The second kappa shape index (κ2) is 12.3. The molecular weight excluding hydrogens is 502 g/mol. The van der Waals surface area contributed by atoms with Crippen molar-refractivity contribution < 1.29 is 38.9 Å². The van der Waals surface area contributed by atoms with E-state index in [4.69, 9.17) is 20.7 Å². The molecule has 1 aliphatic heterocycles. The first-order valence-electron chi connectivity index (χ1n) is 12.6. The summed E-state index contributed by atoms with van der Waals surface area (Å²) in [7, 11) is 0. The van der Waals surface area contributed by atoms with Gasteiger partial charge < -0.3 is 31.3 Å². The van der Waals surface area contributed by atoms with Gasteiger partial charge in [0, 0.05) is 23.8 Å². The van der Waals surface area contributed by atoms with Gasteiger partial charge >= 0.3 is 17.9 Å². The molecule has 0 radical (unpaired) electrons. The fraction of sp³-hybridized carbons (Fsp3) is 0.720. The maximum Gasteiger partial charge on any atom is 0.322 e. The SMILES string of the molecule is C=C1CCC[C@]2(C)C[C@H]3OC(=O)C(CSC[C@H](NC(=O)CC[C@H](N)C(=O)O)C(=O)NCC(=O)O)[C@H]3CC12. The number of carboxylic acid groups (broad SMARTS) is 2. The number of hydrogen-bond donors (Lipinski definition) is 5. The van der Waals surface area contributed by atoms with Crippen molar-refractivity contribution in [2.24, 2.45) is 28.9 Å². The number of nitrogens with one attached hydrogen (secondary N) is 2. The van der Waals surface area contributed by atoms with E-state index in [1.807, 2.05) is 0 Å². The molecule has 2 amide bonds. The van der Waals surface area contributed by atoms with E-state index in [0.717, 1.165) is 32.1 Å². The highest BCUT2D eigenvalue weighted by Gasteiger charge is 2.55. The van der Waals surface area contributed by atoms with E-state index in [1.54, 1.807) is 0 Å². The number of carboxylic acids is 2. The van der Waals surface area contributed by atoms with Crippen LogP contribution in [0.2, 0.25) is 0 Å². The minimum Gasteiger partial charge on any atom is -0.480 e. The van der Waals surface area contributed by atoms with Crippen LogP contribution in [0.4, 0.5) is 0 Å². The van der Waals surface area contributed by atoms with Crippen molar-refractivity contribution in [2.75, 3.05) is 18.1 Å². The zero-order chi connectivity index (χ0) is 27.3. The monoisotopic (exact) mass is 539 g/mol. The summed E-state index contributed by atoms with van der Waals surface area (Å²) >= 11 is 1.32. The average Bonchev–Trinajstić information content (AvgIpc) is 3.12. The Kier molecular flexibility index (Phi) is 9.63. The molecule has 3 fully saturated rings. The van der Waals surface area contributed by atoms with Crippen molar-refractivity contribution in [3.05, 3.63) is 12.2 Å². The third kappa shape index (κ3) is 7.25. The Hall–Kier alpha value is -2.60. The quantitative estimate of drug-likeness (QED) is 0.176. The molecular formula is C25H37N3O8S. The highest BCUT2D eigenvalue weighted by Crippen LogP contribution is 2.57. The number of thioether (sulfide) groups is 1. The number of ether oxygens (including phenoxy) is 1. The van der Waals surface area contributed by atoms with E-state index >= 15 is 0 Å². The molecule has 3 aliphatic rings. The number of allylic oxidation sites excluding steroid dienone is 1. The molecule has 0 aromatic heterocycles. The van der Waals surface area contributed by atoms with Gasteiger partial charge in [-0.25, -0.2) is 0 Å². The summed E-state index contributed by atoms with van der Waals surface area (Å²) in [5, 5.41) is 22.5. The van der Waals surface area contributed by atoms with Crippen LogP contribution >= 0.6 is 11.8 Å². The summed E-state index contributed by atoms with van der Waals surface area (Å²) in [6.45, 7) is 5.96. The van der Waals surface area contributed by atoms with Crippen LogP contribution in [-0.2, 0) is 28.7 Å². The molecule has 37 heavy (non-hydrogen) atoms. The van der Waals surface area contributed by atoms with Gasteiger partial charge in [0.05, 0.1) is 5.92 Å². The number of carbonyl (C=O) groups excluding carboxylic acids is 3. The molecule has 0 spiro atoms. The standard InChI is InChI=1S/C25H37N3O8S/c1-13-4-3-7-25(2)9-19-14(8-16(13)25)15(24(35)36-19)11-37-12-18(22(32)27-10-21(30)31)28-20(29)6-5-17(26)23(33)34/h14-19H,1,3-12,26H2,2H3,(H,27,32)(H,28,29)(H,30,31)(H,33,34)/t14-,15?,16?,17+,18+,19-,25-/m1/s1. The first-order valence-corrected chi connectivity index (χ1v) is 13.8. The van der Waals surface area contributed by atoms with E-state index < -0.39 is 42.4 Å². The highest BCUT2D eigenvalue weighted by molar-refractivity contribution is 7.99. The van der Waals surface area contributed by atoms with Gasteiger partial charge in [-0.3, -0.25) is 24.0 Å². The number of carbonyl (C=O) groups is 5. The fourth-order valence-electron chi connectivity index (χ4n) is 5.90. The van der Waals surface area contributed by atoms with E-state index in [9.17, 15) is 24.0 Å². The first-order chi connectivity index (χ1) is 17.4. The predicted molar refractivity (Wildman–Crippen MR) is 135 cm³/mol. The molecule has 12 heteroatoms. The van der Waals surface area contributed by atoms with Crippen molar-refractivity contribution in [3.8, 4) is 0 Å². The maximum atomic E-state index is 12.8. The van der Waals surface area contributed by atoms with Crippen LogP contribution in [0, 0.1) is 23.2 Å². The number of hydrogen-bond acceptors (Lipinski definition) is 8. The fourth-order valence-corrected chi connectivity index (χ4v) is 7.15. The van der Waals surface area contributed by atoms with Gasteiger partial charge in [-0.1, -0.05) is 19.1 Å². The number of rotatable bonds is 12. The minimum atomic E-state index is -1.24. The van der Waals surface area contributed by atoms with E-state index in [0.29, 0.717) is 11.7 Å². The molecule has 0 aromatic rings. The van der Waals surface area contributed by atoms with Crippen LogP contribution in [-0.4, -0.2) is 76.2 Å². The number of fused-ring (bicyclic) bond motifs is 2. The third-order valence-electron chi connectivity index (χ3n) is 7.97. The molecule has 206 valence electrons. The van der Waals surface area contributed by atoms with Crippen LogP contribution in [0.1, 0.15) is 51.9 Å². The summed E-state index contributed by atoms with van der Waals surface area (Å²) in [6, 6.07) is -2.27. The Balaban J connectivity index is 1.59. The van der Waals surface area contributed by atoms with Crippen molar-refractivity contribution >= 4 is 41.5 Å². The predicted octanol–water partition coefficient (Wildman–Crippen LogP) is 0.912.